The Balaban J connectivity index is 2.23. The van der Waals surface area contributed by atoms with Gasteiger partial charge in [-0.3, -0.25) is 0 Å². The molecule has 1 saturated heterocycles. The van der Waals surface area contributed by atoms with Gasteiger partial charge in [-0.25, -0.2) is 0 Å². The van der Waals surface area contributed by atoms with Crippen LogP contribution in [0.15, 0.2) is 0 Å². The van der Waals surface area contributed by atoms with Gasteiger partial charge in [-0.05, 0) is 37.1 Å². The second kappa shape index (κ2) is 2.01. The zero-order chi connectivity index (χ0) is 8.11. The Kier molecular flexibility index (Phi) is 1.39. The summed E-state index contributed by atoms with van der Waals surface area (Å²) in [6, 6.07) is 0. The lowest BCUT2D eigenvalue weighted by atomic mass is 9.73. The van der Waals surface area contributed by atoms with Crippen molar-refractivity contribution < 1.29 is 0 Å². The van der Waals surface area contributed by atoms with Crippen molar-refractivity contribution >= 4 is 0 Å². The van der Waals surface area contributed by atoms with Gasteiger partial charge in [0.15, 0.2) is 0 Å². The third-order valence-electron chi connectivity index (χ3n) is 3.78. The third-order valence-corrected chi connectivity index (χ3v) is 3.78. The van der Waals surface area contributed by atoms with Crippen LogP contribution >= 0.6 is 0 Å². The maximum atomic E-state index is 3.71. The third kappa shape index (κ3) is 0.936. The largest absolute Gasteiger partial charge is 0.310 e. The fourth-order valence-electron chi connectivity index (χ4n) is 2.77. The quantitative estimate of drug-likeness (QED) is 0.562. The lowest BCUT2D eigenvalue weighted by Crippen LogP contribution is -2.50. The highest BCUT2D eigenvalue weighted by molar-refractivity contribution is 5.08. The van der Waals surface area contributed by atoms with Crippen LogP contribution in [-0.2, 0) is 0 Å². The van der Waals surface area contributed by atoms with Crippen molar-refractivity contribution in [2.75, 3.05) is 6.54 Å². The van der Waals surface area contributed by atoms with Crippen LogP contribution in [0.4, 0.5) is 0 Å². The molecule has 1 heterocycles. The number of piperidine rings is 1. The highest BCUT2D eigenvalue weighted by Gasteiger charge is 2.51. The van der Waals surface area contributed by atoms with Crippen LogP contribution in [0, 0.1) is 11.3 Å². The predicted octanol–water partition coefficient (Wildman–Crippen LogP) is 2.17. The summed E-state index contributed by atoms with van der Waals surface area (Å²) in [5.74, 6) is 0.995. The zero-order valence-electron chi connectivity index (χ0n) is 7.91. The number of rotatable bonds is 0. The van der Waals surface area contributed by atoms with E-state index in [2.05, 4.69) is 26.1 Å². The van der Waals surface area contributed by atoms with Gasteiger partial charge in [-0.15, -0.1) is 0 Å². The van der Waals surface area contributed by atoms with Crippen molar-refractivity contribution in [1.29, 1.82) is 0 Å². The second-order valence-corrected chi connectivity index (χ2v) is 5.32. The molecule has 1 heteroatoms. The first kappa shape index (κ1) is 7.60. The van der Waals surface area contributed by atoms with E-state index in [1.807, 2.05) is 0 Å². The van der Waals surface area contributed by atoms with Crippen molar-refractivity contribution in [3.8, 4) is 0 Å². The maximum absolute atomic E-state index is 3.71. The van der Waals surface area contributed by atoms with Crippen LogP contribution in [0.2, 0.25) is 0 Å². The van der Waals surface area contributed by atoms with E-state index in [1.54, 1.807) is 0 Å². The molecule has 64 valence electrons. The molecule has 0 aromatic rings. The molecule has 0 aromatic heterocycles. The smallest absolute Gasteiger partial charge is 0.0233 e. The molecule has 2 atom stereocenters. The van der Waals surface area contributed by atoms with Gasteiger partial charge in [0.05, 0.1) is 0 Å². The second-order valence-electron chi connectivity index (χ2n) is 5.32. The minimum absolute atomic E-state index is 0.457. The van der Waals surface area contributed by atoms with E-state index in [9.17, 15) is 0 Å². The van der Waals surface area contributed by atoms with E-state index in [0.717, 1.165) is 5.92 Å². The highest BCUT2D eigenvalue weighted by Crippen LogP contribution is 2.49. The van der Waals surface area contributed by atoms with E-state index in [0.29, 0.717) is 11.0 Å². The molecule has 2 aliphatic rings. The molecule has 0 amide bonds. The number of hydrogen-bond donors (Lipinski definition) is 1. The van der Waals surface area contributed by atoms with E-state index in [-0.39, 0.29) is 0 Å². The van der Waals surface area contributed by atoms with Gasteiger partial charge < -0.3 is 5.32 Å². The van der Waals surface area contributed by atoms with Crippen molar-refractivity contribution in [3.05, 3.63) is 0 Å². The molecule has 1 aliphatic heterocycles. The fourth-order valence-corrected chi connectivity index (χ4v) is 2.77. The molecule has 1 N–H and O–H groups in total. The van der Waals surface area contributed by atoms with Crippen molar-refractivity contribution in [2.24, 2.45) is 11.3 Å². The summed E-state index contributed by atoms with van der Waals surface area (Å²) in [6.07, 6.45) is 4.29. The Bertz CT molecular complexity index is 158. The Labute approximate surface area is 69.6 Å². The minimum Gasteiger partial charge on any atom is -0.310 e. The number of fused-ring (bicyclic) bond motifs is 2. The summed E-state index contributed by atoms with van der Waals surface area (Å²) < 4.78 is 0. The van der Waals surface area contributed by atoms with Crippen molar-refractivity contribution in [3.63, 3.8) is 0 Å². The van der Waals surface area contributed by atoms with Crippen molar-refractivity contribution in [2.45, 2.75) is 45.6 Å². The molecule has 1 aliphatic carbocycles. The first-order chi connectivity index (χ1) is 5.04. The van der Waals surface area contributed by atoms with Crippen LogP contribution in [0.1, 0.15) is 40.0 Å². The summed E-state index contributed by atoms with van der Waals surface area (Å²) in [4.78, 5) is 0. The van der Waals surface area contributed by atoms with Gasteiger partial charge in [0, 0.05) is 5.54 Å². The molecular formula is C10H19N. The van der Waals surface area contributed by atoms with Crippen LogP contribution in [0.25, 0.3) is 0 Å². The van der Waals surface area contributed by atoms with Gasteiger partial charge in [0.1, 0.15) is 0 Å². The molecule has 11 heavy (non-hydrogen) atoms. The Hall–Kier alpha value is -0.0400. The number of hydrogen-bond acceptors (Lipinski definition) is 1. The zero-order valence-corrected chi connectivity index (χ0v) is 7.91. The Morgan fingerprint density at radius 2 is 2.09 bits per heavy atom. The summed E-state index contributed by atoms with van der Waals surface area (Å²) in [5.41, 5.74) is 0.954. The standard InChI is InChI=1S/C10H19N/c1-9(2,3)10-5-4-8(6-10)7-11-10/h8,11H,4-7H2,1-3H3/t8-,10+/m1/s1. The first-order valence-electron chi connectivity index (χ1n) is 4.79. The summed E-state index contributed by atoms with van der Waals surface area (Å²) in [7, 11) is 0. The molecular weight excluding hydrogens is 134 g/mol. The lowest BCUT2D eigenvalue weighted by molar-refractivity contribution is 0.161. The predicted molar refractivity (Wildman–Crippen MR) is 47.5 cm³/mol. The molecule has 1 saturated carbocycles. The van der Waals surface area contributed by atoms with Crippen LogP contribution in [-0.4, -0.2) is 12.1 Å². The van der Waals surface area contributed by atoms with Crippen LogP contribution in [0.5, 0.6) is 0 Å². The molecule has 2 rings (SSSR count). The molecule has 0 spiro atoms. The summed E-state index contributed by atoms with van der Waals surface area (Å²) >= 11 is 0. The van der Waals surface area contributed by atoms with Gasteiger partial charge in [-0.1, -0.05) is 20.8 Å². The molecule has 0 radical (unpaired) electrons. The van der Waals surface area contributed by atoms with E-state index < -0.39 is 0 Å². The van der Waals surface area contributed by atoms with Crippen molar-refractivity contribution in [1.82, 2.24) is 5.32 Å². The SMILES string of the molecule is CC(C)(C)[C@@]12CC[C@@H](CN1)C2. The van der Waals surface area contributed by atoms with Gasteiger partial charge in [0.25, 0.3) is 0 Å². The van der Waals surface area contributed by atoms with Gasteiger partial charge >= 0.3 is 0 Å². The number of nitrogens with one attached hydrogen (secondary N) is 1. The molecule has 1 nitrogen and oxygen atoms in total. The van der Waals surface area contributed by atoms with E-state index in [1.165, 1.54) is 25.8 Å². The lowest BCUT2D eigenvalue weighted by Gasteiger charge is -2.41. The summed E-state index contributed by atoms with van der Waals surface area (Å²) in [6.45, 7) is 8.38. The van der Waals surface area contributed by atoms with E-state index in [4.69, 9.17) is 0 Å². The topological polar surface area (TPSA) is 12.0 Å². The average molecular weight is 153 g/mol. The molecule has 2 bridgehead atoms. The maximum Gasteiger partial charge on any atom is 0.0233 e. The normalized spacial score (nSPS) is 43.4. The summed E-state index contributed by atoms with van der Waals surface area (Å²) in [5, 5.41) is 3.71. The van der Waals surface area contributed by atoms with Gasteiger partial charge in [-0.2, -0.15) is 0 Å². The van der Waals surface area contributed by atoms with Crippen LogP contribution < -0.4 is 5.32 Å². The fraction of sp³-hybridized carbons (Fsp3) is 1.00. The minimum atomic E-state index is 0.457. The first-order valence-corrected chi connectivity index (χ1v) is 4.79. The molecule has 2 fully saturated rings. The molecule has 0 unspecified atom stereocenters. The molecule has 0 aromatic carbocycles. The Morgan fingerprint density at radius 1 is 1.36 bits per heavy atom. The van der Waals surface area contributed by atoms with Gasteiger partial charge in [0.2, 0.25) is 0 Å². The average Bonchev–Trinajstić information content (AvgIpc) is 2.42. The van der Waals surface area contributed by atoms with Crippen LogP contribution in [0.3, 0.4) is 0 Å². The monoisotopic (exact) mass is 153 g/mol. The highest BCUT2D eigenvalue weighted by atomic mass is 15.1. The van der Waals surface area contributed by atoms with E-state index >= 15 is 0 Å². The Morgan fingerprint density at radius 3 is 2.27 bits per heavy atom.